The van der Waals surface area contributed by atoms with Crippen LogP contribution in [0.1, 0.15) is 43.2 Å². The van der Waals surface area contributed by atoms with Crippen LogP contribution in [0.2, 0.25) is 0 Å². The number of fused-ring (bicyclic) bond motifs is 1. The molecule has 0 unspecified atom stereocenters. The molecule has 0 spiro atoms. The van der Waals surface area contributed by atoms with E-state index in [1.165, 1.54) is 0 Å². The van der Waals surface area contributed by atoms with Gasteiger partial charge in [-0.15, -0.1) is 0 Å². The van der Waals surface area contributed by atoms with Crippen molar-refractivity contribution in [3.05, 3.63) is 53.9 Å². The van der Waals surface area contributed by atoms with Crippen molar-refractivity contribution in [2.24, 2.45) is 5.92 Å². The fraction of sp³-hybridized carbons (Fsp3) is 0.481. The second kappa shape index (κ2) is 12.5. The summed E-state index contributed by atoms with van der Waals surface area (Å²) in [6.45, 7) is 6.69. The Kier molecular flexibility index (Phi) is 9.41. The maximum Gasteiger partial charge on any atom is 0.257 e. The lowest BCUT2D eigenvalue weighted by molar-refractivity contribution is -0.134. The zero-order valence-corrected chi connectivity index (χ0v) is 21.7. The van der Waals surface area contributed by atoms with Crippen LogP contribution in [0.3, 0.4) is 0 Å². The highest BCUT2D eigenvalue weighted by Gasteiger charge is 2.30. The van der Waals surface area contributed by atoms with E-state index in [1.807, 2.05) is 36.9 Å². The number of nitrogens with one attached hydrogen (secondary N) is 1. The molecular formula is C27H36N4O5. The third-order valence-electron chi connectivity index (χ3n) is 6.43. The standard InChI is InChI=1S/C27H36N4O5/c1-6-25(32)29-21-10-11-23-22(13-21)27(34)30(4)16-24(35-5)18(2)15-31(19(3)17-36-23)26(33)14-20-9-7-8-12-28-20/h7-13,18-19,24H,6,14-17H2,1-5H3,(H,29,32)/t18-,19-,24+/m1/s1. The predicted molar refractivity (Wildman–Crippen MR) is 137 cm³/mol. The minimum atomic E-state index is -0.289. The minimum absolute atomic E-state index is 0.0468. The van der Waals surface area contributed by atoms with Crippen LogP contribution in [0.25, 0.3) is 0 Å². The number of hydrogen-bond donors (Lipinski definition) is 1. The van der Waals surface area contributed by atoms with Gasteiger partial charge in [0.25, 0.3) is 5.91 Å². The van der Waals surface area contributed by atoms with E-state index in [9.17, 15) is 14.4 Å². The normalized spacial score (nSPS) is 21.0. The van der Waals surface area contributed by atoms with Crippen molar-refractivity contribution in [2.75, 3.05) is 39.2 Å². The zero-order valence-electron chi connectivity index (χ0n) is 21.7. The highest BCUT2D eigenvalue weighted by molar-refractivity contribution is 5.99. The van der Waals surface area contributed by atoms with Crippen LogP contribution in [0, 0.1) is 5.92 Å². The van der Waals surface area contributed by atoms with Gasteiger partial charge in [-0.05, 0) is 37.3 Å². The molecule has 0 fully saturated rings. The number of ether oxygens (including phenoxy) is 2. The van der Waals surface area contributed by atoms with Gasteiger partial charge < -0.3 is 24.6 Å². The number of amides is 3. The van der Waals surface area contributed by atoms with Crippen molar-refractivity contribution < 1.29 is 23.9 Å². The Bertz CT molecular complexity index is 1060. The summed E-state index contributed by atoms with van der Waals surface area (Å²) in [5.41, 5.74) is 1.57. The molecule has 0 bridgehead atoms. The molecule has 3 amide bonds. The first-order chi connectivity index (χ1) is 17.2. The first kappa shape index (κ1) is 27.1. The number of aromatic nitrogens is 1. The van der Waals surface area contributed by atoms with E-state index < -0.39 is 0 Å². The monoisotopic (exact) mass is 496 g/mol. The maximum absolute atomic E-state index is 13.4. The fourth-order valence-electron chi connectivity index (χ4n) is 4.21. The largest absolute Gasteiger partial charge is 0.491 e. The number of hydrogen-bond acceptors (Lipinski definition) is 6. The lowest BCUT2D eigenvalue weighted by Crippen LogP contribution is -2.49. The number of pyridine rings is 1. The number of methoxy groups -OCH3 is 1. The zero-order chi connectivity index (χ0) is 26.2. The molecule has 0 radical (unpaired) electrons. The van der Waals surface area contributed by atoms with E-state index in [0.717, 1.165) is 0 Å². The SMILES string of the molecule is CCC(=O)Nc1ccc2c(c1)C(=O)N(C)C[C@H](OC)[C@H](C)CN(C(=O)Cc1ccccn1)[C@H](C)CO2. The Morgan fingerprint density at radius 2 is 1.97 bits per heavy atom. The highest BCUT2D eigenvalue weighted by Crippen LogP contribution is 2.26. The van der Waals surface area contributed by atoms with Crippen molar-refractivity contribution in [1.29, 1.82) is 0 Å². The van der Waals surface area contributed by atoms with E-state index in [-0.39, 0.29) is 48.8 Å². The average Bonchev–Trinajstić information content (AvgIpc) is 2.88. The Balaban J connectivity index is 1.93. The predicted octanol–water partition coefficient (Wildman–Crippen LogP) is 3.01. The third kappa shape index (κ3) is 6.81. The number of benzene rings is 1. The number of likely N-dealkylation sites (N-methyl/N-ethyl adjacent to an activating group) is 1. The molecule has 1 aliphatic heterocycles. The van der Waals surface area contributed by atoms with Crippen molar-refractivity contribution in [3.63, 3.8) is 0 Å². The van der Waals surface area contributed by atoms with Gasteiger partial charge in [-0.2, -0.15) is 0 Å². The molecule has 2 aromatic rings. The van der Waals surface area contributed by atoms with Gasteiger partial charge in [-0.1, -0.05) is 19.9 Å². The summed E-state index contributed by atoms with van der Waals surface area (Å²) in [4.78, 5) is 46.3. The first-order valence-corrected chi connectivity index (χ1v) is 12.3. The molecule has 0 aliphatic carbocycles. The molecule has 9 nitrogen and oxygen atoms in total. The molecule has 1 aliphatic rings. The summed E-state index contributed by atoms with van der Waals surface area (Å²) in [5.74, 6) is -0.0786. The van der Waals surface area contributed by atoms with Crippen LogP contribution in [0.5, 0.6) is 5.75 Å². The van der Waals surface area contributed by atoms with Crippen LogP contribution >= 0.6 is 0 Å². The van der Waals surface area contributed by atoms with Gasteiger partial charge in [0.15, 0.2) is 0 Å². The van der Waals surface area contributed by atoms with Crippen molar-refractivity contribution >= 4 is 23.4 Å². The molecule has 9 heteroatoms. The van der Waals surface area contributed by atoms with Gasteiger partial charge >= 0.3 is 0 Å². The molecule has 36 heavy (non-hydrogen) atoms. The van der Waals surface area contributed by atoms with Gasteiger partial charge in [0, 0.05) is 57.2 Å². The van der Waals surface area contributed by atoms with Gasteiger partial charge in [-0.3, -0.25) is 19.4 Å². The topological polar surface area (TPSA) is 101 Å². The van der Waals surface area contributed by atoms with Crippen LogP contribution in [0.4, 0.5) is 5.69 Å². The van der Waals surface area contributed by atoms with Crippen molar-refractivity contribution in [3.8, 4) is 5.75 Å². The van der Waals surface area contributed by atoms with Gasteiger partial charge in [0.05, 0.1) is 24.1 Å². The summed E-state index contributed by atoms with van der Waals surface area (Å²) in [6, 6.07) is 10.3. The van der Waals surface area contributed by atoms with Gasteiger partial charge in [0.1, 0.15) is 12.4 Å². The molecule has 1 N–H and O–H groups in total. The van der Waals surface area contributed by atoms with Crippen molar-refractivity contribution in [2.45, 2.75) is 45.8 Å². The molecule has 2 heterocycles. The number of nitrogens with zero attached hydrogens (tertiary/aromatic N) is 3. The third-order valence-corrected chi connectivity index (χ3v) is 6.43. The molecule has 1 aromatic heterocycles. The van der Waals surface area contributed by atoms with Crippen LogP contribution in [-0.4, -0.2) is 78.5 Å². The molecule has 194 valence electrons. The summed E-state index contributed by atoms with van der Waals surface area (Å²) < 4.78 is 11.8. The van der Waals surface area contributed by atoms with Gasteiger partial charge in [0.2, 0.25) is 11.8 Å². The van der Waals surface area contributed by atoms with E-state index >= 15 is 0 Å². The lowest BCUT2D eigenvalue weighted by Gasteiger charge is -2.36. The minimum Gasteiger partial charge on any atom is -0.491 e. The average molecular weight is 497 g/mol. The second-order valence-electron chi connectivity index (χ2n) is 9.25. The molecule has 0 saturated carbocycles. The maximum atomic E-state index is 13.4. The molecule has 3 atom stereocenters. The van der Waals surface area contributed by atoms with E-state index in [4.69, 9.17) is 9.47 Å². The second-order valence-corrected chi connectivity index (χ2v) is 9.25. The van der Waals surface area contributed by atoms with Crippen LogP contribution in [-0.2, 0) is 20.7 Å². The molecule has 1 aromatic carbocycles. The number of anilines is 1. The van der Waals surface area contributed by atoms with Crippen LogP contribution in [0.15, 0.2) is 42.6 Å². The molecular weight excluding hydrogens is 460 g/mol. The summed E-state index contributed by atoms with van der Waals surface area (Å²) in [5, 5.41) is 2.80. The fourth-order valence-corrected chi connectivity index (χ4v) is 4.21. The summed E-state index contributed by atoms with van der Waals surface area (Å²) in [7, 11) is 3.32. The number of rotatable bonds is 5. The lowest BCUT2D eigenvalue weighted by atomic mass is 10.0. The first-order valence-electron chi connectivity index (χ1n) is 12.3. The van der Waals surface area contributed by atoms with E-state index in [2.05, 4.69) is 10.3 Å². The summed E-state index contributed by atoms with van der Waals surface area (Å²) in [6.07, 6.45) is 1.90. The van der Waals surface area contributed by atoms with Gasteiger partial charge in [-0.25, -0.2) is 0 Å². The smallest absolute Gasteiger partial charge is 0.257 e. The number of carbonyl (C=O) groups is 3. The Hall–Kier alpha value is -3.46. The molecule has 0 saturated heterocycles. The Labute approximate surface area is 212 Å². The quantitative estimate of drug-likeness (QED) is 0.683. The Morgan fingerprint density at radius 3 is 2.64 bits per heavy atom. The van der Waals surface area contributed by atoms with E-state index in [0.29, 0.717) is 42.2 Å². The van der Waals surface area contributed by atoms with Crippen LogP contribution < -0.4 is 10.1 Å². The summed E-state index contributed by atoms with van der Waals surface area (Å²) >= 11 is 0. The number of carbonyl (C=O) groups excluding carboxylic acids is 3. The van der Waals surface area contributed by atoms with Crippen molar-refractivity contribution in [1.82, 2.24) is 14.8 Å². The highest BCUT2D eigenvalue weighted by atomic mass is 16.5. The van der Waals surface area contributed by atoms with E-state index in [1.54, 1.807) is 50.4 Å². The molecule has 3 rings (SSSR count). The Morgan fingerprint density at radius 1 is 1.19 bits per heavy atom.